The van der Waals surface area contributed by atoms with Crippen molar-refractivity contribution in [1.82, 2.24) is 5.32 Å². The summed E-state index contributed by atoms with van der Waals surface area (Å²) in [6.07, 6.45) is 4.09. The van der Waals surface area contributed by atoms with Gasteiger partial charge in [0.1, 0.15) is 0 Å². The van der Waals surface area contributed by atoms with Crippen LogP contribution in [0, 0.1) is 0 Å². The van der Waals surface area contributed by atoms with Crippen LogP contribution >= 0.6 is 15.9 Å². The fraction of sp³-hybridized carbons (Fsp3) is 0.286. The molecule has 0 aliphatic rings. The summed E-state index contributed by atoms with van der Waals surface area (Å²) in [5.74, 6) is -0.446. The molecule has 0 saturated carbocycles. The molecule has 0 aliphatic carbocycles. The van der Waals surface area contributed by atoms with Crippen LogP contribution in [0.15, 0.2) is 34.8 Å². The average molecular weight is 326 g/mol. The molecule has 5 heteroatoms. The van der Waals surface area contributed by atoms with Crippen molar-refractivity contribution in [2.45, 2.75) is 12.8 Å². The molecule has 0 bridgehead atoms. The first kappa shape index (κ1) is 15.4. The van der Waals surface area contributed by atoms with Gasteiger partial charge in [-0.25, -0.2) is 0 Å². The molecule has 4 nitrogen and oxygen atoms in total. The van der Waals surface area contributed by atoms with Crippen LogP contribution in [0.3, 0.4) is 0 Å². The van der Waals surface area contributed by atoms with Gasteiger partial charge in [-0.3, -0.25) is 9.59 Å². The fourth-order valence-corrected chi connectivity index (χ4v) is 1.80. The lowest BCUT2D eigenvalue weighted by molar-refractivity contribution is -0.140. The predicted molar refractivity (Wildman–Crippen MR) is 77.4 cm³/mol. The van der Waals surface area contributed by atoms with E-state index in [-0.39, 0.29) is 11.9 Å². The lowest BCUT2D eigenvalue weighted by Gasteiger charge is -2.01. The van der Waals surface area contributed by atoms with E-state index >= 15 is 0 Å². The molecule has 0 aliphatic heterocycles. The molecule has 0 atom stereocenters. The summed E-state index contributed by atoms with van der Waals surface area (Å²) in [7, 11) is 1.35. The van der Waals surface area contributed by atoms with Crippen LogP contribution < -0.4 is 5.32 Å². The van der Waals surface area contributed by atoms with E-state index in [9.17, 15) is 9.59 Å². The van der Waals surface area contributed by atoms with Crippen LogP contribution in [0.4, 0.5) is 0 Å². The van der Waals surface area contributed by atoms with Crippen LogP contribution in [0.2, 0.25) is 0 Å². The first-order chi connectivity index (χ1) is 9.13. The number of carbonyl (C=O) groups excluding carboxylic acids is 2. The van der Waals surface area contributed by atoms with Gasteiger partial charge in [0.25, 0.3) is 0 Å². The number of nitrogens with one attached hydrogen (secondary N) is 1. The van der Waals surface area contributed by atoms with Gasteiger partial charge in [0.15, 0.2) is 0 Å². The lowest BCUT2D eigenvalue weighted by Crippen LogP contribution is -2.22. The van der Waals surface area contributed by atoms with Crippen molar-refractivity contribution < 1.29 is 14.3 Å². The quantitative estimate of drug-likeness (QED) is 0.496. The molecule has 0 saturated heterocycles. The minimum atomic E-state index is -0.266. The Balaban J connectivity index is 2.32. The summed E-state index contributed by atoms with van der Waals surface area (Å²) in [5, 5.41) is 2.70. The summed E-state index contributed by atoms with van der Waals surface area (Å²) < 4.78 is 5.44. The van der Waals surface area contributed by atoms with Crippen molar-refractivity contribution in [3.63, 3.8) is 0 Å². The summed E-state index contributed by atoms with van der Waals surface area (Å²) >= 11 is 3.40. The average Bonchev–Trinajstić information content (AvgIpc) is 2.42. The summed E-state index contributed by atoms with van der Waals surface area (Å²) in [6, 6.07) is 7.63. The third-order valence-electron chi connectivity index (χ3n) is 2.40. The Morgan fingerprint density at radius 1 is 1.37 bits per heavy atom. The van der Waals surface area contributed by atoms with E-state index in [4.69, 9.17) is 0 Å². The molecule has 0 fully saturated rings. The predicted octanol–water partition coefficient (Wildman–Crippen LogP) is 2.53. The second-order valence-corrected chi connectivity index (χ2v) is 4.68. The van der Waals surface area contributed by atoms with Gasteiger partial charge in [0.05, 0.1) is 7.11 Å². The highest BCUT2D eigenvalue weighted by Gasteiger charge is 2.00. The number of methoxy groups -OCH3 is 1. The maximum atomic E-state index is 11.5. The Labute approximate surface area is 121 Å². The number of benzene rings is 1. The van der Waals surface area contributed by atoms with Crippen molar-refractivity contribution in [3.05, 3.63) is 40.4 Å². The van der Waals surface area contributed by atoms with Crippen LogP contribution in [-0.4, -0.2) is 25.5 Å². The molecular formula is C14H16BrNO3. The van der Waals surface area contributed by atoms with Gasteiger partial charge in [0, 0.05) is 23.5 Å². The van der Waals surface area contributed by atoms with E-state index in [1.54, 1.807) is 6.08 Å². The number of amides is 1. The first-order valence-corrected chi connectivity index (χ1v) is 6.70. The van der Waals surface area contributed by atoms with Crippen molar-refractivity contribution in [2.75, 3.05) is 13.7 Å². The van der Waals surface area contributed by atoms with Gasteiger partial charge < -0.3 is 10.1 Å². The third kappa shape index (κ3) is 6.20. The van der Waals surface area contributed by atoms with E-state index in [0.717, 1.165) is 10.0 Å². The molecule has 0 aromatic heterocycles. The van der Waals surface area contributed by atoms with Gasteiger partial charge in [-0.1, -0.05) is 34.1 Å². The zero-order valence-corrected chi connectivity index (χ0v) is 12.3. The van der Waals surface area contributed by atoms with Gasteiger partial charge >= 0.3 is 5.97 Å². The topological polar surface area (TPSA) is 55.4 Å². The minimum Gasteiger partial charge on any atom is -0.469 e. The SMILES string of the molecule is COC(=O)CCCNC(=O)/C=C/c1ccccc1Br. The molecule has 0 spiro atoms. The van der Waals surface area contributed by atoms with Gasteiger partial charge in [-0.05, 0) is 24.1 Å². The molecular weight excluding hydrogens is 310 g/mol. The molecule has 0 radical (unpaired) electrons. The Morgan fingerprint density at radius 3 is 2.79 bits per heavy atom. The molecule has 0 heterocycles. The van der Waals surface area contributed by atoms with Crippen LogP contribution in [0.5, 0.6) is 0 Å². The number of ether oxygens (including phenoxy) is 1. The molecule has 1 aromatic carbocycles. The van der Waals surface area contributed by atoms with E-state index in [1.165, 1.54) is 13.2 Å². The van der Waals surface area contributed by atoms with Crippen molar-refractivity contribution >= 4 is 33.9 Å². The van der Waals surface area contributed by atoms with E-state index in [0.29, 0.717) is 19.4 Å². The molecule has 0 unspecified atom stereocenters. The van der Waals surface area contributed by atoms with E-state index in [1.807, 2.05) is 24.3 Å². The summed E-state index contributed by atoms with van der Waals surface area (Å²) in [6.45, 7) is 0.453. The maximum Gasteiger partial charge on any atom is 0.305 e. The lowest BCUT2D eigenvalue weighted by atomic mass is 10.2. The van der Waals surface area contributed by atoms with Crippen LogP contribution in [-0.2, 0) is 14.3 Å². The maximum absolute atomic E-state index is 11.5. The molecule has 1 amide bonds. The summed E-state index contributed by atoms with van der Waals surface area (Å²) in [4.78, 5) is 22.4. The first-order valence-electron chi connectivity index (χ1n) is 5.90. The number of hydrogen-bond donors (Lipinski definition) is 1. The normalized spacial score (nSPS) is 10.4. The number of hydrogen-bond acceptors (Lipinski definition) is 3. The fourth-order valence-electron chi connectivity index (χ4n) is 1.38. The molecule has 1 N–H and O–H groups in total. The number of rotatable bonds is 6. The van der Waals surface area contributed by atoms with Gasteiger partial charge in [-0.15, -0.1) is 0 Å². The minimum absolute atomic E-state index is 0.180. The van der Waals surface area contributed by atoms with Crippen LogP contribution in [0.1, 0.15) is 18.4 Å². The molecule has 1 aromatic rings. The van der Waals surface area contributed by atoms with Crippen molar-refractivity contribution in [3.8, 4) is 0 Å². The Bertz CT molecular complexity index is 472. The largest absolute Gasteiger partial charge is 0.469 e. The number of halogens is 1. The Kier molecular flexibility index (Phi) is 6.89. The highest BCUT2D eigenvalue weighted by atomic mass is 79.9. The number of esters is 1. The van der Waals surface area contributed by atoms with Crippen LogP contribution in [0.25, 0.3) is 6.08 Å². The van der Waals surface area contributed by atoms with Gasteiger partial charge in [0.2, 0.25) is 5.91 Å². The van der Waals surface area contributed by atoms with Gasteiger partial charge in [-0.2, -0.15) is 0 Å². The molecule has 19 heavy (non-hydrogen) atoms. The third-order valence-corrected chi connectivity index (χ3v) is 3.13. The number of carbonyl (C=O) groups is 2. The van der Waals surface area contributed by atoms with Crippen molar-refractivity contribution in [2.24, 2.45) is 0 Å². The standard InChI is InChI=1S/C14H16BrNO3/c1-19-14(18)7-4-10-16-13(17)9-8-11-5-2-3-6-12(11)15/h2-3,5-6,8-9H,4,7,10H2,1H3,(H,16,17)/b9-8+. The molecule has 1 rings (SSSR count). The highest BCUT2D eigenvalue weighted by molar-refractivity contribution is 9.10. The Morgan fingerprint density at radius 2 is 2.11 bits per heavy atom. The van der Waals surface area contributed by atoms with Crippen molar-refractivity contribution in [1.29, 1.82) is 0 Å². The smallest absolute Gasteiger partial charge is 0.305 e. The summed E-state index contributed by atoms with van der Waals surface area (Å²) in [5.41, 5.74) is 0.937. The molecule has 102 valence electrons. The zero-order valence-electron chi connectivity index (χ0n) is 10.7. The highest BCUT2D eigenvalue weighted by Crippen LogP contribution is 2.16. The van der Waals surface area contributed by atoms with E-state index in [2.05, 4.69) is 26.0 Å². The zero-order chi connectivity index (χ0) is 14.1. The second-order valence-electron chi connectivity index (χ2n) is 3.83. The Hall–Kier alpha value is -1.62. The monoisotopic (exact) mass is 325 g/mol. The second kappa shape index (κ2) is 8.48. The van der Waals surface area contributed by atoms with E-state index < -0.39 is 0 Å².